The van der Waals surface area contributed by atoms with Crippen molar-refractivity contribution in [2.24, 2.45) is 0 Å². The lowest BCUT2D eigenvalue weighted by Crippen LogP contribution is -2.43. The summed E-state index contributed by atoms with van der Waals surface area (Å²) in [6.07, 6.45) is 0.605. The van der Waals surface area contributed by atoms with Crippen molar-refractivity contribution in [2.75, 3.05) is 16.8 Å². The van der Waals surface area contributed by atoms with Crippen LogP contribution in [0.5, 0.6) is 0 Å². The number of urea groups is 1. The number of anilines is 2. The smallest absolute Gasteiger partial charge is 0.319 e. The molecule has 5 heteroatoms. The van der Waals surface area contributed by atoms with Gasteiger partial charge in [0.15, 0.2) is 0 Å². The second-order valence-corrected chi connectivity index (χ2v) is 6.01. The molecule has 3 rings (SSSR count). The van der Waals surface area contributed by atoms with E-state index in [0.29, 0.717) is 13.0 Å². The average Bonchev–Trinajstić information content (AvgIpc) is 2.93. The Morgan fingerprint density at radius 1 is 1.08 bits per heavy atom. The maximum Gasteiger partial charge on any atom is 0.319 e. The molecule has 0 bridgehead atoms. The molecule has 2 aromatic carbocycles. The van der Waals surface area contributed by atoms with Gasteiger partial charge in [0.2, 0.25) is 5.91 Å². The summed E-state index contributed by atoms with van der Waals surface area (Å²) in [4.78, 5) is 26.4. The summed E-state index contributed by atoms with van der Waals surface area (Å²) >= 11 is 0. The van der Waals surface area contributed by atoms with Crippen molar-refractivity contribution in [1.82, 2.24) is 5.32 Å². The number of nitrogens with zero attached hydrogens (tertiary/aromatic N) is 1. The number of rotatable bonds is 3. The standard InChI is InChI=1S/C19H21N3O2/c1-13-7-6-10-16(14(13)2)20-19(24)21-17-11-12-22(18(17)23)15-8-4-3-5-9-15/h3-10,17H,11-12H2,1-2H3,(H2,20,21,24)/t17-/m0/s1. The molecule has 1 heterocycles. The Morgan fingerprint density at radius 3 is 2.58 bits per heavy atom. The quantitative estimate of drug-likeness (QED) is 0.911. The van der Waals surface area contributed by atoms with Crippen molar-refractivity contribution >= 4 is 23.3 Å². The van der Waals surface area contributed by atoms with E-state index >= 15 is 0 Å². The van der Waals surface area contributed by atoms with E-state index in [9.17, 15) is 9.59 Å². The highest BCUT2D eigenvalue weighted by Crippen LogP contribution is 2.22. The molecule has 0 saturated carbocycles. The van der Waals surface area contributed by atoms with Gasteiger partial charge in [0.05, 0.1) is 0 Å². The first-order chi connectivity index (χ1) is 11.6. The molecule has 0 radical (unpaired) electrons. The number of carbonyl (C=O) groups excluding carboxylic acids is 2. The molecule has 0 unspecified atom stereocenters. The minimum atomic E-state index is -0.490. The second-order valence-electron chi connectivity index (χ2n) is 6.01. The number of benzene rings is 2. The summed E-state index contributed by atoms with van der Waals surface area (Å²) in [5, 5.41) is 5.61. The molecule has 1 aliphatic rings. The van der Waals surface area contributed by atoms with Gasteiger partial charge in [-0.1, -0.05) is 30.3 Å². The fourth-order valence-electron chi connectivity index (χ4n) is 2.88. The summed E-state index contributed by atoms with van der Waals surface area (Å²) in [7, 11) is 0. The summed E-state index contributed by atoms with van der Waals surface area (Å²) in [6, 6.07) is 14.4. The van der Waals surface area contributed by atoms with Gasteiger partial charge < -0.3 is 15.5 Å². The van der Waals surface area contributed by atoms with Crippen molar-refractivity contribution in [3.63, 3.8) is 0 Å². The van der Waals surface area contributed by atoms with Crippen LogP contribution in [0.15, 0.2) is 48.5 Å². The fourth-order valence-corrected chi connectivity index (χ4v) is 2.88. The van der Waals surface area contributed by atoms with Crippen LogP contribution in [0.25, 0.3) is 0 Å². The van der Waals surface area contributed by atoms with Gasteiger partial charge in [0, 0.05) is 17.9 Å². The van der Waals surface area contributed by atoms with Crippen LogP contribution in [0.3, 0.4) is 0 Å². The molecule has 0 aliphatic carbocycles. The van der Waals surface area contributed by atoms with Crippen LogP contribution in [-0.4, -0.2) is 24.5 Å². The van der Waals surface area contributed by atoms with E-state index in [2.05, 4.69) is 10.6 Å². The highest BCUT2D eigenvalue weighted by Gasteiger charge is 2.33. The van der Waals surface area contributed by atoms with Crippen molar-refractivity contribution < 1.29 is 9.59 Å². The lowest BCUT2D eigenvalue weighted by Gasteiger charge is -2.17. The monoisotopic (exact) mass is 323 g/mol. The zero-order chi connectivity index (χ0) is 17.1. The molecule has 2 aromatic rings. The van der Waals surface area contributed by atoms with Crippen LogP contribution in [0.2, 0.25) is 0 Å². The molecule has 1 fully saturated rings. The largest absolute Gasteiger partial charge is 0.326 e. The highest BCUT2D eigenvalue weighted by atomic mass is 16.2. The molecular formula is C19H21N3O2. The van der Waals surface area contributed by atoms with Crippen LogP contribution in [0.4, 0.5) is 16.2 Å². The normalized spacial score (nSPS) is 17.0. The van der Waals surface area contributed by atoms with E-state index in [1.54, 1.807) is 4.90 Å². The van der Waals surface area contributed by atoms with E-state index in [4.69, 9.17) is 0 Å². The maximum atomic E-state index is 12.5. The first-order valence-electron chi connectivity index (χ1n) is 8.06. The number of para-hydroxylation sites is 1. The Bertz CT molecular complexity index is 758. The van der Waals surface area contributed by atoms with Crippen molar-refractivity contribution in [1.29, 1.82) is 0 Å². The first kappa shape index (κ1) is 16.1. The van der Waals surface area contributed by atoms with E-state index in [1.165, 1.54) is 0 Å². The molecule has 3 amide bonds. The number of carbonyl (C=O) groups is 2. The maximum absolute atomic E-state index is 12.5. The van der Waals surface area contributed by atoms with Crippen molar-refractivity contribution in [3.8, 4) is 0 Å². The fraction of sp³-hybridized carbons (Fsp3) is 0.263. The molecular weight excluding hydrogens is 302 g/mol. The molecule has 0 aromatic heterocycles. The number of amides is 3. The summed E-state index contributed by atoms with van der Waals surface area (Å²) in [6.45, 7) is 4.57. The summed E-state index contributed by atoms with van der Waals surface area (Å²) in [5.41, 5.74) is 3.76. The molecule has 0 spiro atoms. The Labute approximate surface area is 141 Å². The van der Waals surface area contributed by atoms with Crippen LogP contribution in [0, 0.1) is 13.8 Å². The zero-order valence-corrected chi connectivity index (χ0v) is 13.9. The number of aryl methyl sites for hydroxylation is 1. The minimum absolute atomic E-state index is 0.0719. The zero-order valence-electron chi connectivity index (χ0n) is 13.9. The van der Waals surface area contributed by atoms with Gasteiger partial charge in [-0.25, -0.2) is 4.79 Å². The summed E-state index contributed by atoms with van der Waals surface area (Å²) < 4.78 is 0. The topological polar surface area (TPSA) is 61.4 Å². The van der Waals surface area contributed by atoms with E-state index in [0.717, 1.165) is 22.5 Å². The summed E-state index contributed by atoms with van der Waals surface area (Å²) in [5.74, 6) is -0.0719. The Hall–Kier alpha value is -2.82. The van der Waals surface area contributed by atoms with Gasteiger partial charge >= 0.3 is 6.03 Å². The number of hydrogen-bond donors (Lipinski definition) is 2. The second kappa shape index (κ2) is 6.74. The van der Waals surface area contributed by atoms with Gasteiger partial charge in [-0.3, -0.25) is 4.79 Å². The Balaban J connectivity index is 1.63. The molecule has 2 N–H and O–H groups in total. The average molecular weight is 323 g/mol. The third-order valence-corrected chi connectivity index (χ3v) is 4.43. The predicted molar refractivity (Wildman–Crippen MR) is 95.3 cm³/mol. The number of hydrogen-bond acceptors (Lipinski definition) is 2. The van der Waals surface area contributed by atoms with Gasteiger partial charge in [0.1, 0.15) is 6.04 Å². The minimum Gasteiger partial charge on any atom is -0.326 e. The van der Waals surface area contributed by atoms with Crippen molar-refractivity contribution in [3.05, 3.63) is 59.7 Å². The van der Waals surface area contributed by atoms with Gasteiger partial charge in [-0.15, -0.1) is 0 Å². The Kier molecular flexibility index (Phi) is 4.51. The number of nitrogens with one attached hydrogen (secondary N) is 2. The van der Waals surface area contributed by atoms with E-state index < -0.39 is 6.04 Å². The molecule has 124 valence electrons. The predicted octanol–water partition coefficient (Wildman–Crippen LogP) is 3.23. The van der Waals surface area contributed by atoms with Crippen LogP contribution < -0.4 is 15.5 Å². The van der Waals surface area contributed by atoms with E-state index in [1.807, 2.05) is 62.4 Å². The molecule has 5 nitrogen and oxygen atoms in total. The van der Waals surface area contributed by atoms with Gasteiger partial charge in [0.25, 0.3) is 0 Å². The van der Waals surface area contributed by atoms with E-state index in [-0.39, 0.29) is 11.9 Å². The molecule has 24 heavy (non-hydrogen) atoms. The van der Waals surface area contributed by atoms with Crippen LogP contribution in [0.1, 0.15) is 17.5 Å². The van der Waals surface area contributed by atoms with Crippen LogP contribution in [-0.2, 0) is 4.79 Å². The molecule has 1 aliphatic heterocycles. The molecule has 1 saturated heterocycles. The third-order valence-electron chi connectivity index (χ3n) is 4.43. The highest BCUT2D eigenvalue weighted by molar-refractivity contribution is 6.02. The SMILES string of the molecule is Cc1cccc(NC(=O)N[C@H]2CCN(c3ccccc3)C2=O)c1C. The molecule has 1 atom stereocenters. The van der Waals surface area contributed by atoms with Crippen molar-refractivity contribution in [2.45, 2.75) is 26.3 Å². The Morgan fingerprint density at radius 2 is 1.83 bits per heavy atom. The van der Waals surface area contributed by atoms with Gasteiger partial charge in [-0.05, 0) is 49.6 Å². The first-order valence-corrected chi connectivity index (χ1v) is 8.06. The van der Waals surface area contributed by atoms with Crippen LogP contribution >= 0.6 is 0 Å². The third kappa shape index (κ3) is 3.25. The lowest BCUT2D eigenvalue weighted by molar-refractivity contribution is -0.118. The lowest BCUT2D eigenvalue weighted by atomic mass is 10.1. The van der Waals surface area contributed by atoms with Gasteiger partial charge in [-0.2, -0.15) is 0 Å².